The van der Waals surface area contributed by atoms with Crippen molar-refractivity contribution < 1.29 is 23.9 Å². The standard InChI is InChI=1S/C23H27ClN4O5/c1-5-15(3)26-22(30)23(31)28-25-12-16-10-18(24)21(19(11-16)32-4)33-13-20(29)27-17-8-6-14(2)7-9-17/h6-12,15H,5,13H2,1-4H3,(H,26,30)(H,27,29)(H,28,31)/b25-12-/t15-/m1/s1. The molecule has 33 heavy (non-hydrogen) atoms. The van der Waals surface area contributed by atoms with Crippen molar-refractivity contribution in [1.29, 1.82) is 0 Å². The minimum absolute atomic E-state index is 0.123. The fourth-order valence-corrected chi connectivity index (χ4v) is 2.81. The maximum absolute atomic E-state index is 12.2. The van der Waals surface area contributed by atoms with Crippen LogP contribution < -0.4 is 25.5 Å². The molecule has 0 unspecified atom stereocenters. The summed E-state index contributed by atoms with van der Waals surface area (Å²) >= 11 is 6.29. The summed E-state index contributed by atoms with van der Waals surface area (Å²) in [5, 5.41) is 9.21. The Labute approximate surface area is 197 Å². The predicted octanol–water partition coefficient (Wildman–Crippen LogP) is 3.04. The van der Waals surface area contributed by atoms with E-state index < -0.39 is 11.8 Å². The number of amides is 3. The lowest BCUT2D eigenvalue weighted by atomic mass is 10.2. The van der Waals surface area contributed by atoms with Crippen molar-refractivity contribution in [3.05, 3.63) is 52.5 Å². The molecule has 0 spiro atoms. The zero-order valence-corrected chi connectivity index (χ0v) is 19.7. The van der Waals surface area contributed by atoms with E-state index in [1.54, 1.807) is 25.1 Å². The van der Waals surface area contributed by atoms with Crippen LogP contribution in [0.25, 0.3) is 0 Å². The first-order valence-electron chi connectivity index (χ1n) is 10.2. The van der Waals surface area contributed by atoms with Gasteiger partial charge in [0.15, 0.2) is 18.1 Å². The number of hydrogen-bond donors (Lipinski definition) is 3. The molecule has 0 saturated heterocycles. The van der Waals surface area contributed by atoms with Gasteiger partial charge >= 0.3 is 11.8 Å². The van der Waals surface area contributed by atoms with Crippen LogP contribution >= 0.6 is 11.6 Å². The smallest absolute Gasteiger partial charge is 0.329 e. The van der Waals surface area contributed by atoms with Gasteiger partial charge in [-0.2, -0.15) is 5.10 Å². The fourth-order valence-electron chi connectivity index (χ4n) is 2.53. The van der Waals surface area contributed by atoms with E-state index in [1.807, 2.05) is 26.0 Å². The molecule has 0 aliphatic rings. The highest BCUT2D eigenvalue weighted by Crippen LogP contribution is 2.36. The second-order valence-corrected chi connectivity index (χ2v) is 7.63. The van der Waals surface area contributed by atoms with Crippen LogP contribution in [0.5, 0.6) is 11.5 Å². The first-order chi connectivity index (χ1) is 15.7. The number of benzene rings is 2. The van der Waals surface area contributed by atoms with Crippen molar-refractivity contribution in [1.82, 2.24) is 10.7 Å². The van der Waals surface area contributed by atoms with Crippen molar-refractivity contribution in [3.63, 3.8) is 0 Å². The quantitative estimate of drug-likeness (QED) is 0.293. The van der Waals surface area contributed by atoms with Gasteiger partial charge in [-0.25, -0.2) is 5.43 Å². The molecule has 2 aromatic carbocycles. The van der Waals surface area contributed by atoms with E-state index in [0.29, 0.717) is 17.7 Å². The Hall–Kier alpha value is -3.59. The van der Waals surface area contributed by atoms with E-state index in [2.05, 4.69) is 21.2 Å². The minimum Gasteiger partial charge on any atom is -0.493 e. The second kappa shape index (κ2) is 12.4. The molecule has 2 rings (SSSR count). The molecule has 0 aliphatic heterocycles. The normalized spacial score (nSPS) is 11.5. The lowest BCUT2D eigenvalue weighted by Gasteiger charge is -2.13. The second-order valence-electron chi connectivity index (χ2n) is 7.22. The molecule has 0 heterocycles. The van der Waals surface area contributed by atoms with E-state index in [-0.39, 0.29) is 35.1 Å². The largest absolute Gasteiger partial charge is 0.493 e. The van der Waals surface area contributed by atoms with Crippen molar-refractivity contribution in [2.24, 2.45) is 5.10 Å². The summed E-state index contributed by atoms with van der Waals surface area (Å²) in [5.74, 6) is -1.56. The monoisotopic (exact) mass is 474 g/mol. The molecule has 3 N–H and O–H groups in total. The molecule has 0 saturated carbocycles. The third-order valence-electron chi connectivity index (χ3n) is 4.51. The Kier molecular flexibility index (Phi) is 9.68. The van der Waals surface area contributed by atoms with Crippen LogP contribution in [0.1, 0.15) is 31.4 Å². The van der Waals surface area contributed by atoms with Crippen molar-refractivity contribution in [2.75, 3.05) is 19.0 Å². The van der Waals surface area contributed by atoms with E-state index in [0.717, 1.165) is 5.56 Å². The molecular weight excluding hydrogens is 448 g/mol. The summed E-state index contributed by atoms with van der Waals surface area (Å²) in [7, 11) is 1.42. The SMILES string of the molecule is CC[C@@H](C)NC(=O)C(=O)N/N=C\c1cc(Cl)c(OCC(=O)Nc2ccc(C)cc2)c(OC)c1. The van der Waals surface area contributed by atoms with Gasteiger partial charge in [-0.3, -0.25) is 14.4 Å². The van der Waals surface area contributed by atoms with Gasteiger partial charge in [0.05, 0.1) is 18.3 Å². The summed E-state index contributed by atoms with van der Waals surface area (Å²) in [6, 6.07) is 10.3. The Morgan fingerprint density at radius 3 is 2.48 bits per heavy atom. The Morgan fingerprint density at radius 2 is 1.85 bits per heavy atom. The summed E-state index contributed by atoms with van der Waals surface area (Å²) in [5.41, 5.74) is 4.36. The van der Waals surface area contributed by atoms with Crippen LogP contribution in [0.2, 0.25) is 5.02 Å². The molecular formula is C23H27ClN4O5. The molecule has 2 aromatic rings. The lowest BCUT2D eigenvalue weighted by Crippen LogP contribution is -2.41. The van der Waals surface area contributed by atoms with Gasteiger partial charge in [0.2, 0.25) is 0 Å². The van der Waals surface area contributed by atoms with Crippen LogP contribution in [0.3, 0.4) is 0 Å². The Bertz CT molecular complexity index is 1020. The minimum atomic E-state index is -0.885. The van der Waals surface area contributed by atoms with Gasteiger partial charge < -0.3 is 20.1 Å². The number of methoxy groups -OCH3 is 1. The van der Waals surface area contributed by atoms with E-state index in [1.165, 1.54) is 19.4 Å². The van der Waals surface area contributed by atoms with Crippen LogP contribution in [0.15, 0.2) is 41.5 Å². The highest BCUT2D eigenvalue weighted by atomic mass is 35.5. The molecule has 10 heteroatoms. The molecule has 0 bridgehead atoms. The number of carbonyl (C=O) groups excluding carboxylic acids is 3. The van der Waals surface area contributed by atoms with E-state index >= 15 is 0 Å². The number of anilines is 1. The van der Waals surface area contributed by atoms with E-state index in [4.69, 9.17) is 21.1 Å². The van der Waals surface area contributed by atoms with Crippen molar-refractivity contribution >= 4 is 41.2 Å². The third-order valence-corrected chi connectivity index (χ3v) is 4.79. The predicted molar refractivity (Wildman–Crippen MR) is 127 cm³/mol. The number of nitrogens with one attached hydrogen (secondary N) is 3. The average molecular weight is 475 g/mol. The maximum atomic E-state index is 12.2. The fraction of sp³-hybridized carbons (Fsp3) is 0.304. The van der Waals surface area contributed by atoms with Crippen molar-refractivity contribution in [2.45, 2.75) is 33.2 Å². The van der Waals surface area contributed by atoms with Crippen LogP contribution in [0.4, 0.5) is 5.69 Å². The summed E-state index contributed by atoms with van der Waals surface area (Å²) in [4.78, 5) is 35.7. The number of nitrogens with zero attached hydrogens (tertiary/aromatic N) is 1. The molecule has 0 aromatic heterocycles. The van der Waals surface area contributed by atoms with Crippen molar-refractivity contribution in [3.8, 4) is 11.5 Å². The summed E-state index contributed by atoms with van der Waals surface area (Å²) < 4.78 is 10.9. The number of aryl methyl sites for hydroxylation is 1. The Balaban J connectivity index is 1.98. The highest BCUT2D eigenvalue weighted by Gasteiger charge is 2.15. The van der Waals surface area contributed by atoms with Gasteiger partial charge in [-0.05, 0) is 50.1 Å². The molecule has 0 aliphatic carbocycles. The van der Waals surface area contributed by atoms with Crippen LogP contribution in [-0.4, -0.2) is 43.7 Å². The van der Waals surface area contributed by atoms with Gasteiger partial charge in [-0.15, -0.1) is 0 Å². The molecule has 0 radical (unpaired) electrons. The first-order valence-corrected chi connectivity index (χ1v) is 10.6. The highest BCUT2D eigenvalue weighted by molar-refractivity contribution is 6.35. The first kappa shape index (κ1) is 25.7. The van der Waals surface area contributed by atoms with Gasteiger partial charge in [-0.1, -0.05) is 36.2 Å². The molecule has 0 fully saturated rings. The third kappa shape index (κ3) is 8.12. The number of hydrazone groups is 1. The number of carbonyl (C=O) groups is 3. The van der Waals surface area contributed by atoms with Crippen LogP contribution in [-0.2, 0) is 14.4 Å². The Morgan fingerprint density at radius 1 is 1.15 bits per heavy atom. The molecule has 9 nitrogen and oxygen atoms in total. The van der Waals surface area contributed by atoms with Gasteiger partial charge in [0.1, 0.15) is 0 Å². The maximum Gasteiger partial charge on any atom is 0.329 e. The van der Waals surface area contributed by atoms with Gasteiger partial charge in [0, 0.05) is 11.7 Å². The molecule has 3 amide bonds. The average Bonchev–Trinajstić information content (AvgIpc) is 2.79. The number of ether oxygens (including phenoxy) is 2. The molecule has 1 atom stereocenters. The number of halogens is 1. The summed E-state index contributed by atoms with van der Waals surface area (Å²) in [6.45, 7) is 5.36. The summed E-state index contributed by atoms with van der Waals surface area (Å²) in [6.07, 6.45) is 2.00. The topological polar surface area (TPSA) is 118 Å². The zero-order chi connectivity index (χ0) is 24.4. The number of rotatable bonds is 9. The van der Waals surface area contributed by atoms with Gasteiger partial charge in [0.25, 0.3) is 5.91 Å². The van der Waals surface area contributed by atoms with E-state index in [9.17, 15) is 14.4 Å². The van der Waals surface area contributed by atoms with Crippen LogP contribution in [0, 0.1) is 6.92 Å². The molecule has 176 valence electrons. The lowest BCUT2D eigenvalue weighted by molar-refractivity contribution is -0.139. The zero-order valence-electron chi connectivity index (χ0n) is 18.9. The number of hydrogen-bond acceptors (Lipinski definition) is 6.